The Bertz CT molecular complexity index is 362. The second-order valence-electron chi connectivity index (χ2n) is 4.45. The quantitative estimate of drug-likeness (QED) is 0.838. The second kappa shape index (κ2) is 5.98. The first-order valence-corrected chi connectivity index (χ1v) is 6.22. The third kappa shape index (κ3) is 3.41. The predicted octanol–water partition coefficient (Wildman–Crippen LogP) is 1.36. The number of aromatic nitrogens is 1. The molecular weight excluding hydrogens is 216 g/mol. The van der Waals surface area contributed by atoms with Gasteiger partial charge in [-0.2, -0.15) is 0 Å². The molecule has 1 aromatic rings. The molecule has 0 aliphatic carbocycles. The van der Waals surface area contributed by atoms with Crippen LogP contribution in [0.25, 0.3) is 0 Å². The van der Waals surface area contributed by atoms with Gasteiger partial charge in [0, 0.05) is 12.2 Å². The van der Waals surface area contributed by atoms with Crippen LogP contribution in [-0.4, -0.2) is 41.2 Å². The van der Waals surface area contributed by atoms with Gasteiger partial charge >= 0.3 is 0 Å². The molecule has 0 bridgehead atoms. The van der Waals surface area contributed by atoms with Crippen molar-refractivity contribution < 1.29 is 9.84 Å². The maximum atomic E-state index is 9.20. The summed E-state index contributed by atoms with van der Waals surface area (Å²) in [5.74, 6) is 0.706. The number of likely N-dealkylation sites (tertiary alicyclic amines) is 1. The van der Waals surface area contributed by atoms with Crippen molar-refractivity contribution in [2.75, 3.05) is 26.2 Å². The number of rotatable bonds is 5. The molecule has 0 aromatic carbocycles. The third-order valence-electron chi connectivity index (χ3n) is 3.09. The minimum atomic E-state index is -0.0687. The molecule has 4 heteroatoms. The number of aliphatic hydroxyl groups excluding tert-OH is 1. The van der Waals surface area contributed by atoms with E-state index in [2.05, 4.69) is 9.88 Å². The Kier molecular flexibility index (Phi) is 4.34. The van der Waals surface area contributed by atoms with Crippen molar-refractivity contribution in [1.82, 2.24) is 9.88 Å². The topological polar surface area (TPSA) is 45.6 Å². The van der Waals surface area contributed by atoms with Gasteiger partial charge in [-0.1, -0.05) is 0 Å². The van der Waals surface area contributed by atoms with Crippen LogP contribution in [0.4, 0.5) is 0 Å². The van der Waals surface area contributed by atoms with Crippen molar-refractivity contribution in [2.24, 2.45) is 0 Å². The number of aliphatic hydroxyl groups is 1. The standard InChI is InChI=1S/C13H20N2O2/c1-11-4-5-13(12(10-16)14-11)17-9-8-15-6-2-3-7-15/h4-5,16H,2-3,6-10H2,1H3. The van der Waals surface area contributed by atoms with Crippen molar-refractivity contribution in [3.63, 3.8) is 0 Å². The zero-order valence-corrected chi connectivity index (χ0v) is 10.4. The molecule has 4 nitrogen and oxygen atoms in total. The molecule has 94 valence electrons. The highest BCUT2D eigenvalue weighted by Crippen LogP contribution is 2.17. The van der Waals surface area contributed by atoms with Crippen LogP contribution in [0.15, 0.2) is 12.1 Å². The maximum Gasteiger partial charge on any atom is 0.143 e. The molecule has 0 saturated carbocycles. The fraction of sp³-hybridized carbons (Fsp3) is 0.615. The number of ether oxygens (including phenoxy) is 1. The van der Waals surface area contributed by atoms with Gasteiger partial charge in [0.25, 0.3) is 0 Å². The summed E-state index contributed by atoms with van der Waals surface area (Å²) < 4.78 is 5.68. The van der Waals surface area contributed by atoms with Crippen LogP contribution in [-0.2, 0) is 6.61 Å². The van der Waals surface area contributed by atoms with E-state index < -0.39 is 0 Å². The SMILES string of the molecule is Cc1ccc(OCCN2CCCC2)c(CO)n1. The highest BCUT2D eigenvalue weighted by Gasteiger charge is 2.11. The lowest BCUT2D eigenvalue weighted by molar-refractivity contribution is 0.224. The van der Waals surface area contributed by atoms with Gasteiger partial charge in [-0.3, -0.25) is 9.88 Å². The van der Waals surface area contributed by atoms with Gasteiger partial charge in [-0.25, -0.2) is 0 Å². The van der Waals surface area contributed by atoms with E-state index in [1.807, 2.05) is 19.1 Å². The highest BCUT2D eigenvalue weighted by molar-refractivity contribution is 5.28. The number of hydrogen-bond donors (Lipinski definition) is 1. The van der Waals surface area contributed by atoms with E-state index in [-0.39, 0.29) is 6.61 Å². The van der Waals surface area contributed by atoms with Gasteiger partial charge in [-0.15, -0.1) is 0 Å². The largest absolute Gasteiger partial charge is 0.490 e. The monoisotopic (exact) mass is 236 g/mol. The zero-order valence-electron chi connectivity index (χ0n) is 10.4. The molecule has 2 heterocycles. The van der Waals surface area contributed by atoms with Crippen LogP contribution in [0, 0.1) is 6.92 Å². The normalized spacial score (nSPS) is 16.4. The Morgan fingerprint density at radius 2 is 2.12 bits per heavy atom. The van der Waals surface area contributed by atoms with E-state index in [4.69, 9.17) is 4.74 Å². The van der Waals surface area contributed by atoms with Gasteiger partial charge < -0.3 is 9.84 Å². The smallest absolute Gasteiger partial charge is 0.143 e. The Morgan fingerprint density at radius 3 is 2.82 bits per heavy atom. The molecule has 0 amide bonds. The molecule has 1 fully saturated rings. The summed E-state index contributed by atoms with van der Waals surface area (Å²) in [5, 5.41) is 9.20. The summed E-state index contributed by atoms with van der Waals surface area (Å²) in [6.07, 6.45) is 2.60. The average Bonchev–Trinajstić information content (AvgIpc) is 2.84. The summed E-state index contributed by atoms with van der Waals surface area (Å²) >= 11 is 0. The number of hydrogen-bond acceptors (Lipinski definition) is 4. The third-order valence-corrected chi connectivity index (χ3v) is 3.09. The van der Waals surface area contributed by atoms with Crippen molar-refractivity contribution in [2.45, 2.75) is 26.4 Å². The Hall–Kier alpha value is -1.13. The van der Waals surface area contributed by atoms with Crippen LogP contribution in [0.3, 0.4) is 0 Å². The second-order valence-corrected chi connectivity index (χ2v) is 4.45. The van der Waals surface area contributed by atoms with Crippen molar-refractivity contribution in [1.29, 1.82) is 0 Å². The van der Waals surface area contributed by atoms with Crippen molar-refractivity contribution in [3.05, 3.63) is 23.5 Å². The Balaban J connectivity index is 1.85. The molecular formula is C13H20N2O2. The number of aryl methyl sites for hydroxylation is 1. The van der Waals surface area contributed by atoms with Crippen LogP contribution in [0.1, 0.15) is 24.2 Å². The van der Waals surface area contributed by atoms with Crippen molar-refractivity contribution >= 4 is 0 Å². The first-order valence-electron chi connectivity index (χ1n) is 6.22. The van der Waals surface area contributed by atoms with E-state index in [0.717, 1.165) is 12.2 Å². The van der Waals surface area contributed by atoms with E-state index in [9.17, 15) is 5.11 Å². The van der Waals surface area contributed by atoms with Crippen LogP contribution >= 0.6 is 0 Å². The van der Waals surface area contributed by atoms with E-state index in [1.165, 1.54) is 25.9 Å². The lowest BCUT2D eigenvalue weighted by Crippen LogP contribution is -2.25. The van der Waals surface area contributed by atoms with E-state index in [1.54, 1.807) is 0 Å². The van der Waals surface area contributed by atoms with Gasteiger partial charge in [0.05, 0.1) is 6.61 Å². The molecule has 0 radical (unpaired) electrons. The lowest BCUT2D eigenvalue weighted by atomic mass is 10.3. The summed E-state index contributed by atoms with van der Waals surface area (Å²) in [5.41, 5.74) is 1.53. The average molecular weight is 236 g/mol. The van der Waals surface area contributed by atoms with Crippen LogP contribution < -0.4 is 4.74 Å². The molecule has 0 unspecified atom stereocenters. The molecule has 1 N–H and O–H groups in total. The Labute approximate surface area is 102 Å². The van der Waals surface area contributed by atoms with Crippen LogP contribution in [0.2, 0.25) is 0 Å². The summed E-state index contributed by atoms with van der Waals surface area (Å²) in [7, 11) is 0. The lowest BCUT2D eigenvalue weighted by Gasteiger charge is -2.16. The number of pyridine rings is 1. The summed E-state index contributed by atoms with van der Waals surface area (Å²) in [6, 6.07) is 3.79. The molecule has 1 aliphatic heterocycles. The summed E-state index contributed by atoms with van der Waals surface area (Å²) in [6.45, 7) is 5.83. The fourth-order valence-electron chi connectivity index (χ4n) is 2.13. The molecule has 0 spiro atoms. The molecule has 1 saturated heterocycles. The first kappa shape index (κ1) is 12.3. The molecule has 2 rings (SSSR count). The number of nitrogens with zero attached hydrogens (tertiary/aromatic N) is 2. The molecule has 1 aliphatic rings. The van der Waals surface area contributed by atoms with Crippen molar-refractivity contribution in [3.8, 4) is 5.75 Å². The highest BCUT2D eigenvalue weighted by atomic mass is 16.5. The molecule has 0 atom stereocenters. The van der Waals surface area contributed by atoms with E-state index >= 15 is 0 Å². The van der Waals surface area contributed by atoms with Gasteiger partial charge in [0.1, 0.15) is 18.1 Å². The van der Waals surface area contributed by atoms with Gasteiger partial charge in [0.15, 0.2) is 0 Å². The van der Waals surface area contributed by atoms with Gasteiger partial charge in [-0.05, 0) is 45.0 Å². The van der Waals surface area contributed by atoms with E-state index in [0.29, 0.717) is 18.1 Å². The Morgan fingerprint density at radius 1 is 1.35 bits per heavy atom. The minimum Gasteiger partial charge on any atom is -0.490 e. The van der Waals surface area contributed by atoms with Gasteiger partial charge in [0.2, 0.25) is 0 Å². The van der Waals surface area contributed by atoms with Crippen LogP contribution in [0.5, 0.6) is 5.75 Å². The fourth-order valence-corrected chi connectivity index (χ4v) is 2.13. The minimum absolute atomic E-state index is 0.0687. The zero-order chi connectivity index (χ0) is 12.1. The molecule has 1 aromatic heterocycles. The maximum absolute atomic E-state index is 9.20. The molecule has 17 heavy (non-hydrogen) atoms. The predicted molar refractivity (Wildman–Crippen MR) is 66.1 cm³/mol. The first-order chi connectivity index (χ1) is 8.29. The summed E-state index contributed by atoms with van der Waals surface area (Å²) in [4.78, 5) is 6.66.